The molecule has 0 nitrogen and oxygen atoms in total. The summed E-state index contributed by atoms with van der Waals surface area (Å²) in [5.74, 6) is 0.571. The molecule has 2 aliphatic rings. The monoisotopic (exact) mass is 202 g/mol. The molecule has 1 heterocycles. The van der Waals surface area contributed by atoms with E-state index in [4.69, 9.17) is 0 Å². The average molecular weight is 202 g/mol. The molecule has 1 fully saturated rings. The van der Waals surface area contributed by atoms with Crippen LogP contribution in [0.1, 0.15) is 6.92 Å². The number of thioether (sulfide) groups is 1. The molecule has 0 spiro atoms. The topological polar surface area (TPSA) is 0 Å². The van der Waals surface area contributed by atoms with E-state index in [0.717, 1.165) is 0 Å². The first-order valence-corrected chi connectivity index (χ1v) is 5.75. The molecule has 1 aliphatic carbocycles. The summed E-state index contributed by atoms with van der Waals surface area (Å²) in [6.45, 7) is 5.87. The van der Waals surface area contributed by atoms with Crippen LogP contribution in [0.25, 0.3) is 0 Å². The maximum absolute atomic E-state index is 3.76. The molecule has 2 rings (SSSR count). The van der Waals surface area contributed by atoms with E-state index in [2.05, 4.69) is 50.0 Å². The predicted octanol–water partition coefficient (Wildman–Crippen LogP) is 3.86. The van der Waals surface area contributed by atoms with Gasteiger partial charge in [0.1, 0.15) is 0 Å². The summed E-state index contributed by atoms with van der Waals surface area (Å²) >= 11 is 1.94. The van der Waals surface area contributed by atoms with Crippen molar-refractivity contribution in [2.75, 3.05) is 0 Å². The normalized spacial score (nSPS) is 35.2. The van der Waals surface area contributed by atoms with E-state index >= 15 is 0 Å². The zero-order valence-corrected chi connectivity index (χ0v) is 9.13. The van der Waals surface area contributed by atoms with Gasteiger partial charge in [-0.2, -0.15) is 0 Å². The van der Waals surface area contributed by atoms with Crippen LogP contribution in [-0.4, -0.2) is 5.25 Å². The summed E-state index contributed by atoms with van der Waals surface area (Å²) in [7, 11) is 0. The summed E-state index contributed by atoms with van der Waals surface area (Å²) in [4.78, 5) is 1.37. The summed E-state index contributed by atoms with van der Waals surface area (Å²) in [5.41, 5.74) is 1.44. The predicted molar refractivity (Wildman–Crippen MR) is 65.2 cm³/mol. The van der Waals surface area contributed by atoms with Crippen molar-refractivity contribution in [3.05, 3.63) is 59.6 Å². The van der Waals surface area contributed by atoms with Crippen LogP contribution in [0.4, 0.5) is 0 Å². The van der Waals surface area contributed by atoms with Gasteiger partial charge in [0.2, 0.25) is 0 Å². The summed E-state index contributed by atoms with van der Waals surface area (Å²) in [6, 6.07) is 0. The van der Waals surface area contributed by atoms with Crippen LogP contribution in [0.5, 0.6) is 0 Å². The van der Waals surface area contributed by atoms with Crippen molar-refractivity contribution in [3.63, 3.8) is 0 Å². The molecular formula is C13H14S. The Morgan fingerprint density at radius 2 is 2.14 bits per heavy atom. The fourth-order valence-corrected chi connectivity index (χ4v) is 3.35. The molecule has 0 aromatic rings. The molecule has 0 radical (unpaired) electrons. The third-order valence-electron chi connectivity index (χ3n) is 2.57. The van der Waals surface area contributed by atoms with Gasteiger partial charge in [-0.15, -0.1) is 11.8 Å². The minimum atomic E-state index is 0.571. The van der Waals surface area contributed by atoms with E-state index in [1.807, 2.05) is 17.8 Å². The highest BCUT2D eigenvalue weighted by Crippen LogP contribution is 2.48. The fourth-order valence-electron chi connectivity index (χ4n) is 1.94. The molecule has 0 aromatic heterocycles. The Hall–Kier alpha value is -0.950. The smallest absolute Gasteiger partial charge is 0.0381 e. The first-order chi connectivity index (χ1) is 6.86. The lowest BCUT2D eigenvalue weighted by Crippen LogP contribution is -2.09. The Bertz CT molecular complexity index is 355. The molecule has 1 heteroatoms. The Balaban J connectivity index is 2.36. The number of fused-ring (bicyclic) bond motifs is 1. The lowest BCUT2D eigenvalue weighted by atomic mass is 9.92. The largest absolute Gasteiger partial charge is 0.117 e. The lowest BCUT2D eigenvalue weighted by Gasteiger charge is -2.13. The average Bonchev–Trinajstić information content (AvgIpc) is 2.55. The van der Waals surface area contributed by atoms with Gasteiger partial charge in [-0.1, -0.05) is 43.0 Å². The number of hydrogen-bond donors (Lipinski definition) is 0. The van der Waals surface area contributed by atoms with Gasteiger partial charge in [0.15, 0.2) is 0 Å². The molecule has 2 unspecified atom stereocenters. The Morgan fingerprint density at radius 1 is 1.36 bits per heavy atom. The fraction of sp³-hybridized carbons (Fsp3) is 0.231. The molecule has 0 saturated carbocycles. The van der Waals surface area contributed by atoms with Crippen LogP contribution in [-0.2, 0) is 0 Å². The second kappa shape index (κ2) is 4.05. The second-order valence-corrected chi connectivity index (χ2v) is 4.61. The van der Waals surface area contributed by atoms with E-state index in [1.165, 1.54) is 10.5 Å². The molecule has 0 bridgehead atoms. The van der Waals surface area contributed by atoms with Gasteiger partial charge in [-0.3, -0.25) is 0 Å². The van der Waals surface area contributed by atoms with Gasteiger partial charge in [-0.05, 0) is 18.6 Å². The van der Waals surface area contributed by atoms with Crippen LogP contribution in [0.2, 0.25) is 0 Å². The zero-order chi connectivity index (χ0) is 9.97. The highest BCUT2D eigenvalue weighted by molar-refractivity contribution is 8.04. The molecule has 0 N–H and O–H groups in total. The van der Waals surface area contributed by atoms with Crippen LogP contribution >= 0.6 is 11.8 Å². The van der Waals surface area contributed by atoms with Crippen LogP contribution in [0.3, 0.4) is 0 Å². The van der Waals surface area contributed by atoms with Gasteiger partial charge in [0, 0.05) is 16.1 Å². The van der Waals surface area contributed by atoms with E-state index in [-0.39, 0.29) is 0 Å². The number of rotatable bonds is 1. The van der Waals surface area contributed by atoms with Crippen molar-refractivity contribution in [1.82, 2.24) is 0 Å². The van der Waals surface area contributed by atoms with Gasteiger partial charge >= 0.3 is 0 Å². The van der Waals surface area contributed by atoms with Crippen molar-refractivity contribution < 1.29 is 0 Å². The zero-order valence-electron chi connectivity index (χ0n) is 8.31. The number of hydrogen-bond acceptors (Lipinski definition) is 1. The maximum Gasteiger partial charge on any atom is 0.0381 e. The highest BCUT2D eigenvalue weighted by Gasteiger charge is 2.32. The summed E-state index contributed by atoms with van der Waals surface area (Å²) < 4.78 is 0. The first kappa shape index (κ1) is 9.60. The standard InChI is InChI=1S/C13H14S/c1-3-7-12-10(4-2)11-8-5-6-9-13(11)14-12/h3-9,11,13H,1H2,2H3/b10-4-,12-7+. The highest BCUT2D eigenvalue weighted by atomic mass is 32.2. The Kier molecular flexibility index (Phi) is 2.78. The number of allylic oxidation sites excluding steroid dienone is 7. The van der Waals surface area contributed by atoms with E-state index in [9.17, 15) is 0 Å². The third kappa shape index (κ3) is 1.53. The molecule has 1 saturated heterocycles. The van der Waals surface area contributed by atoms with Crippen LogP contribution in [0, 0.1) is 5.92 Å². The van der Waals surface area contributed by atoms with Crippen molar-refractivity contribution >= 4 is 11.8 Å². The van der Waals surface area contributed by atoms with Crippen molar-refractivity contribution in [1.29, 1.82) is 0 Å². The van der Waals surface area contributed by atoms with Crippen molar-refractivity contribution in [2.24, 2.45) is 5.92 Å². The van der Waals surface area contributed by atoms with Crippen LogP contribution < -0.4 is 0 Å². The lowest BCUT2D eigenvalue weighted by molar-refractivity contribution is 0.821. The van der Waals surface area contributed by atoms with Gasteiger partial charge in [0.05, 0.1) is 0 Å². The molecule has 0 amide bonds. The molecular weight excluding hydrogens is 188 g/mol. The molecule has 14 heavy (non-hydrogen) atoms. The van der Waals surface area contributed by atoms with Gasteiger partial charge < -0.3 is 0 Å². The van der Waals surface area contributed by atoms with E-state index < -0.39 is 0 Å². The SMILES string of the molecule is C=C/C=C1/SC2C=CC=CC2/C1=C/C. The van der Waals surface area contributed by atoms with Gasteiger partial charge in [0.25, 0.3) is 0 Å². The Labute approximate surface area is 89.8 Å². The third-order valence-corrected chi connectivity index (χ3v) is 3.92. The van der Waals surface area contributed by atoms with Crippen molar-refractivity contribution in [2.45, 2.75) is 12.2 Å². The maximum atomic E-state index is 3.76. The molecule has 72 valence electrons. The summed E-state index contributed by atoms with van der Waals surface area (Å²) in [6.07, 6.45) is 15.0. The van der Waals surface area contributed by atoms with Gasteiger partial charge in [-0.25, -0.2) is 0 Å². The first-order valence-electron chi connectivity index (χ1n) is 4.87. The minimum absolute atomic E-state index is 0.571. The molecule has 2 atom stereocenters. The van der Waals surface area contributed by atoms with E-state index in [0.29, 0.717) is 11.2 Å². The van der Waals surface area contributed by atoms with Crippen LogP contribution in [0.15, 0.2) is 59.6 Å². The molecule has 0 aromatic carbocycles. The van der Waals surface area contributed by atoms with Crippen molar-refractivity contribution in [3.8, 4) is 0 Å². The molecule has 1 aliphatic heterocycles. The minimum Gasteiger partial charge on any atom is -0.117 e. The van der Waals surface area contributed by atoms with E-state index in [1.54, 1.807) is 0 Å². The summed E-state index contributed by atoms with van der Waals surface area (Å²) in [5, 5.41) is 0.595. The second-order valence-electron chi connectivity index (χ2n) is 3.39. The quantitative estimate of drug-likeness (QED) is 0.622. The Morgan fingerprint density at radius 3 is 2.86 bits per heavy atom.